The first-order valence-electron chi connectivity index (χ1n) is 6.14. The van der Waals surface area contributed by atoms with Gasteiger partial charge in [0.15, 0.2) is 9.84 Å². The lowest BCUT2D eigenvalue weighted by atomic mass is 10.0. The summed E-state index contributed by atoms with van der Waals surface area (Å²) in [5.74, 6) is -0.179. The first-order valence-corrected chi connectivity index (χ1v) is 7.96. The van der Waals surface area contributed by atoms with Gasteiger partial charge in [-0.25, -0.2) is 8.42 Å². The van der Waals surface area contributed by atoms with Crippen molar-refractivity contribution in [2.75, 3.05) is 31.2 Å². The molecule has 106 valence electrons. The molecule has 0 bridgehead atoms. The molecule has 2 heterocycles. The first-order chi connectivity index (χ1) is 8.22. The summed E-state index contributed by atoms with van der Waals surface area (Å²) in [5, 5.41) is 19.1. The van der Waals surface area contributed by atoms with E-state index in [0.29, 0.717) is 13.1 Å². The minimum atomic E-state index is -3.15. The lowest BCUT2D eigenvalue weighted by molar-refractivity contribution is -0.160. The Hall–Kier alpha value is -0.210. The van der Waals surface area contributed by atoms with Gasteiger partial charge in [-0.3, -0.25) is 4.90 Å². The second-order valence-corrected chi connectivity index (χ2v) is 7.98. The Morgan fingerprint density at radius 2 is 2.06 bits per heavy atom. The number of morpholine rings is 1. The van der Waals surface area contributed by atoms with E-state index in [1.54, 1.807) is 0 Å². The Morgan fingerprint density at radius 3 is 2.56 bits per heavy atom. The van der Waals surface area contributed by atoms with Crippen LogP contribution < -0.4 is 0 Å². The fourth-order valence-corrected chi connectivity index (χ4v) is 4.68. The maximum atomic E-state index is 11.5. The van der Waals surface area contributed by atoms with Gasteiger partial charge in [-0.05, 0) is 13.8 Å². The van der Waals surface area contributed by atoms with E-state index in [1.807, 2.05) is 18.7 Å². The Morgan fingerprint density at radius 1 is 1.39 bits per heavy atom. The number of ether oxygens (including phenoxy) is 1. The molecule has 3 unspecified atom stereocenters. The zero-order valence-corrected chi connectivity index (χ0v) is 11.6. The molecule has 7 heteroatoms. The van der Waals surface area contributed by atoms with Crippen molar-refractivity contribution in [3.8, 4) is 0 Å². The summed E-state index contributed by atoms with van der Waals surface area (Å²) in [6, 6.07) is -0.382. The average Bonchev–Trinajstić information content (AvgIpc) is 2.49. The van der Waals surface area contributed by atoms with Crippen LogP contribution in [0.15, 0.2) is 0 Å². The van der Waals surface area contributed by atoms with Crippen LogP contribution in [-0.2, 0) is 14.6 Å². The van der Waals surface area contributed by atoms with Gasteiger partial charge in [0, 0.05) is 13.1 Å². The maximum absolute atomic E-state index is 11.5. The van der Waals surface area contributed by atoms with E-state index in [9.17, 15) is 18.6 Å². The SMILES string of the molecule is CC1(C)CN(C2CS(=O)(=O)CC2O)CC(CO)O1. The number of hydrogen-bond acceptors (Lipinski definition) is 6. The van der Waals surface area contributed by atoms with Crippen molar-refractivity contribution >= 4 is 9.84 Å². The van der Waals surface area contributed by atoms with Gasteiger partial charge < -0.3 is 14.9 Å². The molecule has 0 amide bonds. The van der Waals surface area contributed by atoms with Crippen molar-refractivity contribution in [2.24, 2.45) is 0 Å². The number of hydrogen-bond donors (Lipinski definition) is 2. The van der Waals surface area contributed by atoms with Crippen LogP contribution in [0.4, 0.5) is 0 Å². The van der Waals surface area contributed by atoms with Gasteiger partial charge in [-0.1, -0.05) is 0 Å². The van der Waals surface area contributed by atoms with Gasteiger partial charge >= 0.3 is 0 Å². The van der Waals surface area contributed by atoms with Gasteiger partial charge in [0.05, 0.1) is 42.0 Å². The third kappa shape index (κ3) is 3.03. The Bertz CT molecular complexity index is 408. The van der Waals surface area contributed by atoms with Gasteiger partial charge in [0.1, 0.15) is 0 Å². The lowest BCUT2D eigenvalue weighted by Crippen LogP contribution is -2.59. The van der Waals surface area contributed by atoms with Crippen LogP contribution >= 0.6 is 0 Å². The van der Waals surface area contributed by atoms with E-state index < -0.39 is 21.5 Å². The molecule has 2 saturated heterocycles. The fourth-order valence-electron chi connectivity index (χ4n) is 2.85. The monoisotopic (exact) mass is 279 g/mol. The molecule has 18 heavy (non-hydrogen) atoms. The third-order valence-corrected chi connectivity index (χ3v) is 5.17. The molecule has 3 atom stereocenters. The van der Waals surface area contributed by atoms with Crippen molar-refractivity contribution in [3.63, 3.8) is 0 Å². The summed E-state index contributed by atoms with van der Waals surface area (Å²) in [5.41, 5.74) is -0.447. The summed E-state index contributed by atoms with van der Waals surface area (Å²) in [4.78, 5) is 1.93. The van der Waals surface area contributed by atoms with E-state index >= 15 is 0 Å². The zero-order chi connectivity index (χ0) is 13.6. The van der Waals surface area contributed by atoms with Crippen LogP contribution in [0.3, 0.4) is 0 Å². The molecule has 0 aromatic carbocycles. The van der Waals surface area contributed by atoms with Gasteiger partial charge in [-0.15, -0.1) is 0 Å². The van der Waals surface area contributed by atoms with Gasteiger partial charge in [0.2, 0.25) is 0 Å². The molecule has 2 aliphatic rings. The molecule has 2 aliphatic heterocycles. The number of aliphatic hydroxyl groups is 2. The minimum absolute atomic E-state index is 0.0115. The second-order valence-electron chi connectivity index (χ2n) is 5.82. The van der Waals surface area contributed by atoms with Crippen LogP contribution in [0.25, 0.3) is 0 Å². The number of rotatable bonds is 2. The molecule has 2 rings (SSSR count). The smallest absolute Gasteiger partial charge is 0.154 e. The van der Waals surface area contributed by atoms with Crippen LogP contribution in [0.5, 0.6) is 0 Å². The number of nitrogens with zero attached hydrogens (tertiary/aromatic N) is 1. The minimum Gasteiger partial charge on any atom is -0.394 e. The molecule has 0 radical (unpaired) electrons. The van der Waals surface area contributed by atoms with E-state index in [1.165, 1.54) is 0 Å². The van der Waals surface area contributed by atoms with Crippen molar-refractivity contribution in [1.82, 2.24) is 4.90 Å². The normalized spacial score (nSPS) is 39.9. The fraction of sp³-hybridized carbons (Fsp3) is 1.00. The topological polar surface area (TPSA) is 87.1 Å². The summed E-state index contributed by atoms with van der Waals surface area (Å²) < 4.78 is 28.8. The third-order valence-electron chi connectivity index (χ3n) is 3.47. The second kappa shape index (κ2) is 4.72. The first kappa shape index (κ1) is 14.2. The van der Waals surface area contributed by atoms with Crippen molar-refractivity contribution in [2.45, 2.75) is 37.7 Å². The van der Waals surface area contributed by atoms with Crippen molar-refractivity contribution in [1.29, 1.82) is 0 Å². The molecule has 0 aliphatic carbocycles. The molecular formula is C11H21NO5S. The Kier molecular flexibility index (Phi) is 3.72. The van der Waals surface area contributed by atoms with Crippen molar-refractivity contribution in [3.05, 3.63) is 0 Å². The predicted octanol–water partition coefficient (Wildman–Crippen LogP) is -1.38. The van der Waals surface area contributed by atoms with E-state index in [-0.39, 0.29) is 30.3 Å². The summed E-state index contributed by atoms with van der Waals surface area (Å²) in [6.07, 6.45) is -1.17. The highest BCUT2D eigenvalue weighted by molar-refractivity contribution is 7.91. The van der Waals surface area contributed by atoms with Crippen LogP contribution in [0.1, 0.15) is 13.8 Å². The quantitative estimate of drug-likeness (QED) is 0.647. The summed E-state index contributed by atoms with van der Waals surface area (Å²) in [6.45, 7) is 4.71. The molecule has 2 N–H and O–H groups in total. The maximum Gasteiger partial charge on any atom is 0.154 e. The largest absolute Gasteiger partial charge is 0.394 e. The molecular weight excluding hydrogens is 258 g/mol. The number of sulfone groups is 1. The van der Waals surface area contributed by atoms with Crippen molar-refractivity contribution < 1.29 is 23.4 Å². The van der Waals surface area contributed by atoms with Crippen LogP contribution in [0, 0.1) is 0 Å². The summed E-state index contributed by atoms with van der Waals surface area (Å²) in [7, 11) is -3.15. The highest BCUT2D eigenvalue weighted by atomic mass is 32.2. The van der Waals surface area contributed by atoms with Crippen LogP contribution in [-0.4, -0.2) is 78.6 Å². The molecule has 0 aromatic rings. The highest BCUT2D eigenvalue weighted by Gasteiger charge is 2.44. The standard InChI is InChI=1S/C11H21NO5S/c1-11(2)7-12(3-8(4-13)17-11)9-5-18(15,16)6-10(9)14/h8-10,13-14H,3-7H2,1-2H3. The van der Waals surface area contributed by atoms with Crippen LogP contribution in [0.2, 0.25) is 0 Å². The Labute approximate surface area is 107 Å². The molecule has 0 saturated carbocycles. The van der Waals surface area contributed by atoms with E-state index in [2.05, 4.69) is 0 Å². The molecule has 6 nitrogen and oxygen atoms in total. The highest BCUT2D eigenvalue weighted by Crippen LogP contribution is 2.27. The summed E-state index contributed by atoms with van der Waals surface area (Å²) >= 11 is 0. The van der Waals surface area contributed by atoms with E-state index in [0.717, 1.165) is 0 Å². The van der Waals surface area contributed by atoms with Gasteiger partial charge in [0.25, 0.3) is 0 Å². The molecule has 0 aromatic heterocycles. The number of aliphatic hydroxyl groups excluding tert-OH is 2. The molecule has 2 fully saturated rings. The van der Waals surface area contributed by atoms with Gasteiger partial charge in [-0.2, -0.15) is 0 Å². The zero-order valence-electron chi connectivity index (χ0n) is 10.7. The lowest BCUT2D eigenvalue weighted by Gasteiger charge is -2.45. The predicted molar refractivity (Wildman–Crippen MR) is 66.1 cm³/mol. The van der Waals surface area contributed by atoms with E-state index in [4.69, 9.17) is 4.74 Å². The molecule has 0 spiro atoms. The average molecular weight is 279 g/mol. The Balaban J connectivity index is 2.13.